The number of sulfonamides is 1. The normalized spacial score (nSPS) is 11.2. The van der Waals surface area contributed by atoms with Gasteiger partial charge >= 0.3 is 0 Å². The standard InChI is InChI=1S/C23H21N5O2S2/c24-32(29,30)20-13-11-19(12-14-20)25-23(31)28(16-17-7-3-1-4-8-17)22-15-21(26-27-22)18-9-5-2-6-10-18/h1-15H,16H2,(H,25,31)(H,26,27)(H2,24,29,30). The Kier molecular flexibility index (Phi) is 6.31. The van der Waals surface area contributed by atoms with Crippen molar-refractivity contribution in [1.29, 1.82) is 0 Å². The molecule has 0 saturated heterocycles. The average molecular weight is 464 g/mol. The van der Waals surface area contributed by atoms with Gasteiger partial charge in [0.2, 0.25) is 10.0 Å². The molecule has 0 saturated carbocycles. The zero-order chi connectivity index (χ0) is 22.6. The number of nitrogens with one attached hydrogen (secondary N) is 2. The molecular weight excluding hydrogens is 442 g/mol. The van der Waals surface area contributed by atoms with Crippen LogP contribution >= 0.6 is 12.2 Å². The van der Waals surface area contributed by atoms with Gasteiger partial charge in [-0.15, -0.1) is 0 Å². The lowest BCUT2D eigenvalue weighted by molar-refractivity contribution is 0.598. The van der Waals surface area contributed by atoms with E-state index in [2.05, 4.69) is 15.5 Å². The van der Waals surface area contributed by atoms with Gasteiger partial charge in [-0.05, 0) is 47.6 Å². The number of hydrogen-bond acceptors (Lipinski definition) is 4. The first-order valence-corrected chi connectivity index (χ1v) is 11.7. The summed E-state index contributed by atoms with van der Waals surface area (Å²) in [6.45, 7) is 0.501. The topological polar surface area (TPSA) is 104 Å². The van der Waals surface area contributed by atoms with Gasteiger partial charge in [-0.1, -0.05) is 60.7 Å². The number of rotatable bonds is 6. The van der Waals surface area contributed by atoms with E-state index in [-0.39, 0.29) is 4.90 Å². The summed E-state index contributed by atoms with van der Waals surface area (Å²) in [5, 5.41) is 16.3. The number of thiocarbonyl (C=S) groups is 1. The summed E-state index contributed by atoms with van der Waals surface area (Å²) in [6, 6.07) is 27.9. The second kappa shape index (κ2) is 9.31. The fourth-order valence-corrected chi connectivity index (χ4v) is 3.95. The van der Waals surface area contributed by atoms with Crippen LogP contribution < -0.4 is 15.4 Å². The number of anilines is 2. The Morgan fingerprint density at radius 3 is 2.22 bits per heavy atom. The lowest BCUT2D eigenvalue weighted by Gasteiger charge is -2.24. The van der Waals surface area contributed by atoms with Crippen molar-refractivity contribution in [2.45, 2.75) is 11.4 Å². The van der Waals surface area contributed by atoms with Crippen LogP contribution in [0.15, 0.2) is 95.9 Å². The summed E-state index contributed by atoms with van der Waals surface area (Å²) in [5.41, 5.74) is 3.59. The third-order valence-electron chi connectivity index (χ3n) is 4.79. The molecule has 9 heteroatoms. The molecule has 1 aromatic heterocycles. The second-order valence-electron chi connectivity index (χ2n) is 7.08. The molecule has 0 spiro atoms. The number of nitrogens with two attached hydrogens (primary N) is 1. The van der Waals surface area contributed by atoms with Crippen LogP contribution in [0.1, 0.15) is 5.56 Å². The number of nitrogens with zero attached hydrogens (tertiary/aromatic N) is 2. The first kappa shape index (κ1) is 21.7. The van der Waals surface area contributed by atoms with Crippen molar-refractivity contribution >= 4 is 38.9 Å². The predicted molar refractivity (Wildman–Crippen MR) is 131 cm³/mol. The van der Waals surface area contributed by atoms with Crippen molar-refractivity contribution in [2.24, 2.45) is 5.14 Å². The molecule has 4 rings (SSSR count). The van der Waals surface area contributed by atoms with E-state index in [0.29, 0.717) is 23.2 Å². The molecule has 7 nitrogen and oxygen atoms in total. The van der Waals surface area contributed by atoms with Gasteiger partial charge in [0.05, 0.1) is 17.1 Å². The summed E-state index contributed by atoms with van der Waals surface area (Å²) in [4.78, 5) is 1.91. The minimum Gasteiger partial charge on any atom is -0.332 e. The van der Waals surface area contributed by atoms with E-state index < -0.39 is 10.0 Å². The highest BCUT2D eigenvalue weighted by Gasteiger charge is 2.17. The third kappa shape index (κ3) is 5.20. The predicted octanol–water partition coefficient (Wildman–Crippen LogP) is 4.13. The first-order chi connectivity index (χ1) is 15.4. The van der Waals surface area contributed by atoms with Crippen LogP contribution in [0, 0.1) is 0 Å². The van der Waals surface area contributed by atoms with E-state index >= 15 is 0 Å². The van der Waals surface area contributed by atoms with Crippen molar-refractivity contribution in [2.75, 3.05) is 10.2 Å². The summed E-state index contributed by atoms with van der Waals surface area (Å²) in [6.07, 6.45) is 0. The molecule has 3 aromatic carbocycles. The van der Waals surface area contributed by atoms with Crippen LogP contribution in [0.2, 0.25) is 0 Å². The zero-order valence-corrected chi connectivity index (χ0v) is 18.6. The number of benzene rings is 3. The van der Waals surface area contributed by atoms with E-state index in [1.165, 1.54) is 12.1 Å². The molecule has 0 fully saturated rings. The molecule has 4 aromatic rings. The number of primary sulfonamides is 1. The van der Waals surface area contributed by atoms with Gasteiger partial charge in [0.25, 0.3) is 0 Å². The molecule has 0 aliphatic heterocycles. The SMILES string of the molecule is NS(=O)(=O)c1ccc(NC(=S)N(Cc2ccccc2)c2cc(-c3ccccc3)[nH]n2)cc1. The van der Waals surface area contributed by atoms with Gasteiger partial charge in [-0.25, -0.2) is 13.6 Å². The van der Waals surface area contributed by atoms with Gasteiger partial charge in [-0.3, -0.25) is 10.00 Å². The third-order valence-corrected chi connectivity index (χ3v) is 6.04. The van der Waals surface area contributed by atoms with E-state index in [9.17, 15) is 8.42 Å². The Morgan fingerprint density at radius 1 is 0.969 bits per heavy atom. The number of H-pyrrole nitrogens is 1. The minimum absolute atomic E-state index is 0.0370. The maximum absolute atomic E-state index is 11.5. The average Bonchev–Trinajstić information content (AvgIpc) is 3.28. The van der Waals surface area contributed by atoms with Crippen molar-refractivity contribution in [1.82, 2.24) is 10.2 Å². The molecule has 0 aliphatic rings. The number of hydrogen-bond donors (Lipinski definition) is 3. The van der Waals surface area contributed by atoms with Gasteiger partial charge < -0.3 is 5.32 Å². The summed E-state index contributed by atoms with van der Waals surface area (Å²) < 4.78 is 23.0. The number of aromatic nitrogens is 2. The maximum atomic E-state index is 11.5. The maximum Gasteiger partial charge on any atom is 0.238 e. The molecule has 4 N–H and O–H groups in total. The van der Waals surface area contributed by atoms with Crippen LogP contribution in [-0.2, 0) is 16.6 Å². The Bertz CT molecular complexity index is 1310. The molecule has 0 aliphatic carbocycles. The van der Waals surface area contributed by atoms with E-state index in [4.69, 9.17) is 17.4 Å². The lowest BCUT2D eigenvalue weighted by Crippen LogP contribution is -2.34. The summed E-state index contributed by atoms with van der Waals surface area (Å²) in [7, 11) is -3.76. The van der Waals surface area contributed by atoms with Crippen molar-refractivity contribution in [3.8, 4) is 11.3 Å². The van der Waals surface area contributed by atoms with Crippen LogP contribution in [0.4, 0.5) is 11.5 Å². The Hall–Kier alpha value is -3.53. The molecule has 0 amide bonds. The summed E-state index contributed by atoms with van der Waals surface area (Å²) >= 11 is 5.69. The second-order valence-corrected chi connectivity index (χ2v) is 9.03. The fraction of sp³-hybridized carbons (Fsp3) is 0.0435. The van der Waals surface area contributed by atoms with Crippen LogP contribution in [0.25, 0.3) is 11.3 Å². The molecule has 0 unspecified atom stereocenters. The van der Waals surface area contributed by atoms with Crippen LogP contribution in [-0.4, -0.2) is 23.7 Å². The highest BCUT2D eigenvalue weighted by Crippen LogP contribution is 2.24. The van der Waals surface area contributed by atoms with Crippen molar-refractivity contribution in [3.05, 3.63) is 96.6 Å². The summed E-state index contributed by atoms with van der Waals surface area (Å²) in [5.74, 6) is 0.659. The van der Waals surface area contributed by atoms with E-state index in [0.717, 1.165) is 16.8 Å². The monoisotopic (exact) mass is 463 g/mol. The molecule has 0 radical (unpaired) electrons. The van der Waals surface area contributed by atoms with Crippen LogP contribution in [0.3, 0.4) is 0 Å². The highest BCUT2D eigenvalue weighted by atomic mass is 32.2. The Labute approximate surface area is 191 Å². The fourth-order valence-electron chi connectivity index (χ4n) is 3.16. The quantitative estimate of drug-likeness (QED) is 0.372. The Morgan fingerprint density at radius 2 is 1.59 bits per heavy atom. The molecule has 162 valence electrons. The largest absolute Gasteiger partial charge is 0.332 e. The molecule has 1 heterocycles. The van der Waals surface area contributed by atoms with Gasteiger partial charge in [0, 0.05) is 11.8 Å². The van der Waals surface area contributed by atoms with Gasteiger partial charge in [0.1, 0.15) is 0 Å². The Balaban J connectivity index is 1.61. The molecule has 0 bridgehead atoms. The first-order valence-electron chi connectivity index (χ1n) is 9.76. The van der Waals surface area contributed by atoms with E-state index in [1.54, 1.807) is 12.1 Å². The molecule has 32 heavy (non-hydrogen) atoms. The lowest BCUT2D eigenvalue weighted by atomic mass is 10.1. The highest BCUT2D eigenvalue weighted by molar-refractivity contribution is 7.89. The van der Waals surface area contributed by atoms with Crippen LogP contribution in [0.5, 0.6) is 0 Å². The molecular formula is C23H21N5O2S2. The number of aromatic amines is 1. The molecule has 0 atom stereocenters. The smallest absolute Gasteiger partial charge is 0.238 e. The van der Waals surface area contributed by atoms with Crippen molar-refractivity contribution < 1.29 is 8.42 Å². The zero-order valence-electron chi connectivity index (χ0n) is 17.0. The van der Waals surface area contributed by atoms with E-state index in [1.807, 2.05) is 71.6 Å². The van der Waals surface area contributed by atoms with Crippen molar-refractivity contribution in [3.63, 3.8) is 0 Å². The van der Waals surface area contributed by atoms with Gasteiger partial charge in [0.15, 0.2) is 10.9 Å². The minimum atomic E-state index is -3.76. The van der Waals surface area contributed by atoms with Gasteiger partial charge in [-0.2, -0.15) is 5.10 Å².